The fourth-order valence-electron chi connectivity index (χ4n) is 2.12. The molecule has 2 aromatic heterocycles. The van der Waals surface area contributed by atoms with Crippen molar-refractivity contribution in [3.8, 4) is 0 Å². The molecule has 0 aliphatic heterocycles. The number of halogens is 1. The van der Waals surface area contributed by atoms with Crippen molar-refractivity contribution < 1.29 is 4.79 Å². The van der Waals surface area contributed by atoms with Gasteiger partial charge in [0.1, 0.15) is 11.5 Å². The van der Waals surface area contributed by atoms with Gasteiger partial charge in [-0.3, -0.25) is 4.79 Å². The van der Waals surface area contributed by atoms with Gasteiger partial charge in [-0.25, -0.2) is 4.98 Å². The van der Waals surface area contributed by atoms with Crippen molar-refractivity contribution in [2.24, 2.45) is 0 Å². The van der Waals surface area contributed by atoms with Gasteiger partial charge in [-0.2, -0.15) is 0 Å². The van der Waals surface area contributed by atoms with E-state index in [-0.39, 0.29) is 5.91 Å². The van der Waals surface area contributed by atoms with Gasteiger partial charge in [0.2, 0.25) is 0 Å². The van der Waals surface area contributed by atoms with Gasteiger partial charge in [0.15, 0.2) is 0 Å². The maximum atomic E-state index is 12.3. The van der Waals surface area contributed by atoms with Crippen LogP contribution in [0.4, 0.5) is 11.5 Å². The van der Waals surface area contributed by atoms with Crippen LogP contribution in [0.15, 0.2) is 41.0 Å². The zero-order valence-corrected chi connectivity index (χ0v) is 12.9. The van der Waals surface area contributed by atoms with Crippen molar-refractivity contribution in [3.05, 3.63) is 52.3 Å². The molecule has 2 heterocycles. The van der Waals surface area contributed by atoms with Crippen molar-refractivity contribution >= 4 is 44.2 Å². The Kier molecular flexibility index (Phi) is 3.39. The van der Waals surface area contributed by atoms with Crippen molar-refractivity contribution in [2.75, 3.05) is 11.1 Å². The summed E-state index contributed by atoms with van der Waals surface area (Å²) < 4.78 is 0.874. The number of carbonyl (C=O) groups is 1. The first kappa shape index (κ1) is 13.6. The summed E-state index contributed by atoms with van der Waals surface area (Å²) in [4.78, 5) is 19.5. The maximum Gasteiger partial charge on any atom is 0.273 e. The zero-order valence-electron chi connectivity index (χ0n) is 11.3. The predicted octanol–water partition coefficient (Wildman–Crippen LogP) is 3.47. The minimum Gasteiger partial charge on any atom is -0.399 e. The number of anilines is 2. The number of aryl methyl sites for hydroxylation is 1. The number of aromatic nitrogens is 2. The number of hydrogen-bond donors (Lipinski definition) is 3. The number of pyridine rings is 1. The molecule has 0 saturated heterocycles. The fourth-order valence-corrected chi connectivity index (χ4v) is 2.57. The highest BCUT2D eigenvalue weighted by atomic mass is 79.9. The van der Waals surface area contributed by atoms with Gasteiger partial charge in [-0.15, -0.1) is 0 Å². The minimum atomic E-state index is -0.234. The summed E-state index contributed by atoms with van der Waals surface area (Å²) in [5, 5.41) is 3.70. The van der Waals surface area contributed by atoms with Gasteiger partial charge in [0, 0.05) is 27.3 Å². The topological polar surface area (TPSA) is 83.8 Å². The van der Waals surface area contributed by atoms with Crippen LogP contribution >= 0.6 is 15.9 Å². The summed E-state index contributed by atoms with van der Waals surface area (Å²) in [6.07, 6.45) is 1.65. The van der Waals surface area contributed by atoms with Crippen LogP contribution in [0.1, 0.15) is 16.1 Å². The molecule has 0 saturated carbocycles. The summed E-state index contributed by atoms with van der Waals surface area (Å²) >= 11 is 3.34. The molecule has 0 spiro atoms. The van der Waals surface area contributed by atoms with Crippen molar-refractivity contribution in [3.63, 3.8) is 0 Å². The number of carbonyl (C=O) groups excluding carboxylic acids is 1. The molecule has 3 rings (SSSR count). The van der Waals surface area contributed by atoms with E-state index in [4.69, 9.17) is 5.73 Å². The van der Waals surface area contributed by atoms with E-state index in [1.54, 1.807) is 18.3 Å². The molecule has 1 aromatic carbocycles. The van der Waals surface area contributed by atoms with Gasteiger partial charge in [-0.1, -0.05) is 0 Å². The molecule has 0 aliphatic carbocycles. The molecule has 1 amide bonds. The van der Waals surface area contributed by atoms with Gasteiger partial charge < -0.3 is 16.0 Å². The van der Waals surface area contributed by atoms with E-state index in [0.29, 0.717) is 17.2 Å². The van der Waals surface area contributed by atoms with Crippen molar-refractivity contribution in [2.45, 2.75) is 6.92 Å². The molecule has 5 nitrogen and oxygen atoms in total. The van der Waals surface area contributed by atoms with Gasteiger partial charge in [0.25, 0.3) is 5.91 Å². The van der Waals surface area contributed by atoms with Crippen LogP contribution in [0, 0.1) is 6.92 Å². The van der Waals surface area contributed by atoms with Crippen LogP contribution in [0.25, 0.3) is 10.9 Å². The summed E-state index contributed by atoms with van der Waals surface area (Å²) in [6, 6.07) is 9.14. The number of nitrogens with zero attached hydrogens (tertiary/aromatic N) is 1. The second kappa shape index (κ2) is 5.21. The van der Waals surface area contributed by atoms with Crippen molar-refractivity contribution in [1.82, 2.24) is 9.97 Å². The van der Waals surface area contributed by atoms with Gasteiger partial charge in [0.05, 0.1) is 0 Å². The van der Waals surface area contributed by atoms with Crippen LogP contribution in [-0.2, 0) is 0 Å². The maximum absolute atomic E-state index is 12.3. The molecule has 21 heavy (non-hydrogen) atoms. The minimum absolute atomic E-state index is 0.234. The lowest BCUT2D eigenvalue weighted by Gasteiger charge is -2.06. The Balaban J connectivity index is 1.89. The van der Waals surface area contributed by atoms with E-state index >= 15 is 0 Å². The van der Waals surface area contributed by atoms with E-state index in [9.17, 15) is 4.79 Å². The molecule has 0 bridgehead atoms. The van der Waals surface area contributed by atoms with E-state index in [1.807, 2.05) is 25.1 Å². The number of hydrogen-bond acceptors (Lipinski definition) is 3. The van der Waals surface area contributed by atoms with Gasteiger partial charge in [-0.05, 0) is 58.7 Å². The average Bonchev–Trinajstić information content (AvgIpc) is 2.85. The SMILES string of the molecule is Cc1cc(Br)cnc1NC(=O)c1cc2cc(N)ccc2[nH]1. The zero-order chi connectivity index (χ0) is 15.0. The third kappa shape index (κ3) is 2.75. The van der Waals surface area contributed by atoms with E-state index < -0.39 is 0 Å². The van der Waals surface area contributed by atoms with Crippen LogP contribution in [-0.4, -0.2) is 15.9 Å². The number of nitrogen functional groups attached to an aromatic ring is 1. The summed E-state index contributed by atoms with van der Waals surface area (Å²) in [5.74, 6) is 0.309. The third-order valence-corrected chi connectivity index (χ3v) is 3.60. The third-order valence-electron chi connectivity index (χ3n) is 3.17. The number of rotatable bonds is 2. The largest absolute Gasteiger partial charge is 0.399 e. The molecule has 0 fully saturated rings. The Bertz CT molecular complexity index is 841. The number of aromatic amines is 1. The van der Waals surface area contributed by atoms with Crippen LogP contribution < -0.4 is 11.1 Å². The first-order valence-electron chi connectivity index (χ1n) is 6.34. The molecular weight excluding hydrogens is 332 g/mol. The van der Waals surface area contributed by atoms with Crippen LogP contribution in [0.3, 0.4) is 0 Å². The van der Waals surface area contributed by atoms with E-state index in [1.165, 1.54) is 0 Å². The molecule has 3 aromatic rings. The molecule has 6 heteroatoms. The first-order valence-corrected chi connectivity index (χ1v) is 7.14. The number of H-pyrrole nitrogens is 1. The smallest absolute Gasteiger partial charge is 0.273 e. The standard InChI is InChI=1S/C15H13BrN4O/c1-8-4-10(16)7-18-14(8)20-15(21)13-6-9-5-11(17)2-3-12(9)19-13/h2-7,19H,17H2,1H3,(H,18,20,21). The monoisotopic (exact) mass is 344 g/mol. The molecule has 0 aliphatic rings. The second-order valence-electron chi connectivity index (χ2n) is 4.80. The Morgan fingerprint density at radius 3 is 2.90 bits per heavy atom. The summed E-state index contributed by atoms with van der Waals surface area (Å²) in [6.45, 7) is 1.89. The Morgan fingerprint density at radius 2 is 2.14 bits per heavy atom. The van der Waals surface area contributed by atoms with E-state index in [0.717, 1.165) is 20.9 Å². The molecule has 0 radical (unpaired) electrons. The van der Waals surface area contributed by atoms with E-state index in [2.05, 4.69) is 31.2 Å². The highest BCUT2D eigenvalue weighted by molar-refractivity contribution is 9.10. The number of benzene rings is 1. The quantitative estimate of drug-likeness (QED) is 0.622. The highest BCUT2D eigenvalue weighted by Gasteiger charge is 2.12. The molecule has 0 unspecified atom stereocenters. The lowest BCUT2D eigenvalue weighted by atomic mass is 10.2. The van der Waals surface area contributed by atoms with Crippen LogP contribution in [0.2, 0.25) is 0 Å². The van der Waals surface area contributed by atoms with Crippen molar-refractivity contribution in [1.29, 1.82) is 0 Å². The number of amides is 1. The average molecular weight is 345 g/mol. The number of nitrogens with two attached hydrogens (primary N) is 1. The highest BCUT2D eigenvalue weighted by Crippen LogP contribution is 2.20. The Labute approximate surface area is 129 Å². The lowest BCUT2D eigenvalue weighted by Crippen LogP contribution is -2.14. The molecule has 0 atom stereocenters. The molecule has 106 valence electrons. The summed E-state index contributed by atoms with van der Waals surface area (Å²) in [7, 11) is 0. The molecule has 4 N–H and O–H groups in total. The summed E-state index contributed by atoms with van der Waals surface area (Å²) in [5.41, 5.74) is 8.63. The number of fused-ring (bicyclic) bond motifs is 1. The second-order valence-corrected chi connectivity index (χ2v) is 5.72. The predicted molar refractivity (Wildman–Crippen MR) is 87.3 cm³/mol. The normalized spacial score (nSPS) is 10.8. The fraction of sp³-hybridized carbons (Fsp3) is 0.0667. The Hall–Kier alpha value is -2.34. The number of nitrogens with one attached hydrogen (secondary N) is 2. The van der Waals surface area contributed by atoms with Crippen LogP contribution in [0.5, 0.6) is 0 Å². The first-order chi connectivity index (χ1) is 10.0. The molecular formula is C15H13BrN4O. The lowest BCUT2D eigenvalue weighted by molar-refractivity contribution is 0.102. The Morgan fingerprint density at radius 1 is 1.33 bits per heavy atom. The van der Waals surface area contributed by atoms with Gasteiger partial charge >= 0.3 is 0 Å².